The van der Waals surface area contributed by atoms with Gasteiger partial charge in [0.1, 0.15) is 11.6 Å². The number of halogens is 1. The highest BCUT2D eigenvalue weighted by atomic mass is 79.9. The smallest absolute Gasteiger partial charge is 0.263 e. The molecule has 1 aromatic carbocycles. The lowest BCUT2D eigenvalue weighted by molar-refractivity contribution is 0.601. The Balaban J connectivity index is 2.36. The van der Waals surface area contributed by atoms with E-state index in [-0.39, 0.29) is 16.3 Å². The molecule has 0 saturated carbocycles. The van der Waals surface area contributed by atoms with Gasteiger partial charge in [0, 0.05) is 17.7 Å². The molecule has 1 aromatic heterocycles. The number of nitrogens with one attached hydrogen (secondary N) is 1. The van der Waals surface area contributed by atoms with Crippen LogP contribution in [0.5, 0.6) is 0 Å². The predicted octanol–water partition coefficient (Wildman–Crippen LogP) is 1.86. The van der Waals surface area contributed by atoms with E-state index in [1.54, 1.807) is 19.2 Å². The first-order chi connectivity index (χ1) is 8.92. The van der Waals surface area contributed by atoms with Crippen molar-refractivity contribution in [2.24, 2.45) is 7.05 Å². The largest absolute Gasteiger partial charge is 0.272 e. The van der Waals surface area contributed by atoms with Crippen molar-refractivity contribution in [2.45, 2.75) is 4.90 Å². The van der Waals surface area contributed by atoms with Crippen molar-refractivity contribution in [3.8, 4) is 6.07 Å². The number of hydrogen-bond acceptors (Lipinski definition) is 4. The number of aryl methyl sites for hydroxylation is 1. The summed E-state index contributed by atoms with van der Waals surface area (Å²) in [6.07, 6.45) is 1.44. The first-order valence-electron chi connectivity index (χ1n) is 5.14. The molecule has 19 heavy (non-hydrogen) atoms. The van der Waals surface area contributed by atoms with Gasteiger partial charge >= 0.3 is 0 Å². The van der Waals surface area contributed by atoms with Crippen LogP contribution in [0.1, 0.15) is 5.56 Å². The molecule has 2 rings (SSSR count). The van der Waals surface area contributed by atoms with Crippen LogP contribution in [0.3, 0.4) is 0 Å². The Morgan fingerprint density at radius 2 is 2.00 bits per heavy atom. The quantitative estimate of drug-likeness (QED) is 0.923. The third-order valence-electron chi connectivity index (χ3n) is 2.30. The summed E-state index contributed by atoms with van der Waals surface area (Å²) in [5, 5.41) is 12.8. The molecule has 0 fully saturated rings. The average molecular weight is 341 g/mol. The van der Waals surface area contributed by atoms with E-state index in [1.807, 2.05) is 6.07 Å². The van der Waals surface area contributed by atoms with E-state index in [4.69, 9.17) is 5.26 Å². The molecule has 0 aliphatic carbocycles. The molecule has 2 aromatic rings. The van der Waals surface area contributed by atoms with Crippen molar-refractivity contribution >= 4 is 31.8 Å². The Morgan fingerprint density at radius 1 is 1.37 bits per heavy atom. The predicted molar refractivity (Wildman–Crippen MR) is 72.9 cm³/mol. The zero-order valence-electron chi connectivity index (χ0n) is 9.83. The highest BCUT2D eigenvalue weighted by molar-refractivity contribution is 9.10. The standard InChI is InChI=1S/C11H9BrN4O2S/c1-16-7-8(6-13)11(14-16)15-19(17,18)10-4-2-9(12)3-5-10/h2-5,7H,1H3,(H,14,15). The number of sulfonamides is 1. The molecule has 0 amide bonds. The molecule has 0 unspecified atom stereocenters. The SMILES string of the molecule is Cn1cc(C#N)c(NS(=O)(=O)c2ccc(Br)cc2)n1. The fourth-order valence-electron chi connectivity index (χ4n) is 1.45. The van der Waals surface area contributed by atoms with Crippen molar-refractivity contribution in [2.75, 3.05) is 4.72 Å². The molecule has 0 radical (unpaired) electrons. The lowest BCUT2D eigenvalue weighted by Gasteiger charge is -2.05. The van der Waals surface area contributed by atoms with Crippen molar-refractivity contribution in [3.05, 3.63) is 40.5 Å². The maximum Gasteiger partial charge on any atom is 0.263 e. The summed E-state index contributed by atoms with van der Waals surface area (Å²) < 4.78 is 28.7. The molecule has 0 spiro atoms. The number of nitrogens with zero attached hydrogens (tertiary/aromatic N) is 3. The highest BCUT2D eigenvalue weighted by Gasteiger charge is 2.18. The summed E-state index contributed by atoms with van der Waals surface area (Å²) in [5.74, 6) is 0.0212. The summed E-state index contributed by atoms with van der Waals surface area (Å²) in [6.45, 7) is 0. The summed E-state index contributed by atoms with van der Waals surface area (Å²) in [6, 6.07) is 8.05. The minimum absolute atomic E-state index is 0.0212. The zero-order chi connectivity index (χ0) is 14.0. The Kier molecular flexibility index (Phi) is 3.59. The maximum absolute atomic E-state index is 12.1. The number of hydrogen-bond donors (Lipinski definition) is 1. The monoisotopic (exact) mass is 340 g/mol. The highest BCUT2D eigenvalue weighted by Crippen LogP contribution is 2.19. The zero-order valence-corrected chi connectivity index (χ0v) is 12.2. The molecule has 0 bridgehead atoms. The van der Waals surface area contributed by atoms with Crippen LogP contribution in [0.2, 0.25) is 0 Å². The van der Waals surface area contributed by atoms with Gasteiger partial charge in [0.05, 0.1) is 4.90 Å². The first-order valence-corrected chi connectivity index (χ1v) is 7.42. The van der Waals surface area contributed by atoms with Gasteiger partial charge in [0.2, 0.25) is 0 Å². The van der Waals surface area contributed by atoms with Crippen LogP contribution in [-0.4, -0.2) is 18.2 Å². The fourth-order valence-corrected chi connectivity index (χ4v) is 2.73. The van der Waals surface area contributed by atoms with Gasteiger partial charge in [0.25, 0.3) is 10.0 Å². The van der Waals surface area contributed by atoms with Crippen LogP contribution < -0.4 is 4.72 Å². The van der Waals surface area contributed by atoms with Crippen molar-refractivity contribution in [1.82, 2.24) is 9.78 Å². The molecule has 0 aliphatic rings. The van der Waals surface area contributed by atoms with E-state index in [0.717, 1.165) is 4.47 Å². The van der Waals surface area contributed by atoms with Gasteiger partial charge in [-0.25, -0.2) is 8.42 Å². The Bertz CT molecular complexity index is 744. The normalized spacial score (nSPS) is 11.0. The van der Waals surface area contributed by atoms with Gasteiger partial charge in [-0.05, 0) is 24.3 Å². The topological polar surface area (TPSA) is 87.8 Å². The van der Waals surface area contributed by atoms with E-state index >= 15 is 0 Å². The molecule has 0 saturated heterocycles. The third-order valence-corrected chi connectivity index (χ3v) is 4.19. The number of anilines is 1. The van der Waals surface area contributed by atoms with E-state index < -0.39 is 10.0 Å². The summed E-state index contributed by atoms with van der Waals surface area (Å²) in [4.78, 5) is 0.102. The van der Waals surface area contributed by atoms with Crippen LogP contribution in [0.4, 0.5) is 5.82 Å². The lowest BCUT2D eigenvalue weighted by Crippen LogP contribution is -2.14. The second-order valence-electron chi connectivity index (χ2n) is 3.74. The molecule has 0 atom stereocenters. The molecule has 0 aliphatic heterocycles. The van der Waals surface area contributed by atoms with Crippen molar-refractivity contribution < 1.29 is 8.42 Å². The van der Waals surface area contributed by atoms with Gasteiger partial charge in [-0.1, -0.05) is 15.9 Å². The number of rotatable bonds is 3. The number of nitriles is 1. The third kappa shape index (κ3) is 2.94. The minimum atomic E-state index is -3.75. The second kappa shape index (κ2) is 5.03. The van der Waals surface area contributed by atoms with Gasteiger partial charge in [-0.3, -0.25) is 9.40 Å². The number of benzene rings is 1. The molecular formula is C11H9BrN4O2S. The molecule has 8 heteroatoms. The molecule has 6 nitrogen and oxygen atoms in total. The van der Waals surface area contributed by atoms with Crippen LogP contribution in [0, 0.1) is 11.3 Å². The van der Waals surface area contributed by atoms with Crippen LogP contribution in [-0.2, 0) is 17.1 Å². The Hall–Kier alpha value is -1.85. The Morgan fingerprint density at radius 3 is 2.58 bits per heavy atom. The first kappa shape index (κ1) is 13.6. The summed E-state index contributed by atoms with van der Waals surface area (Å²) >= 11 is 3.23. The maximum atomic E-state index is 12.1. The molecule has 98 valence electrons. The number of aromatic nitrogens is 2. The van der Waals surface area contributed by atoms with Gasteiger partial charge in [-0.15, -0.1) is 0 Å². The molecule has 1 N–H and O–H groups in total. The van der Waals surface area contributed by atoms with Crippen molar-refractivity contribution in [3.63, 3.8) is 0 Å². The molecule has 1 heterocycles. The van der Waals surface area contributed by atoms with E-state index in [2.05, 4.69) is 25.8 Å². The van der Waals surface area contributed by atoms with Crippen LogP contribution >= 0.6 is 15.9 Å². The van der Waals surface area contributed by atoms with Crippen LogP contribution in [0.15, 0.2) is 39.8 Å². The van der Waals surface area contributed by atoms with E-state index in [1.165, 1.54) is 23.0 Å². The second-order valence-corrected chi connectivity index (χ2v) is 6.33. The van der Waals surface area contributed by atoms with Gasteiger partial charge in [0.15, 0.2) is 5.82 Å². The fraction of sp³-hybridized carbons (Fsp3) is 0.0909. The van der Waals surface area contributed by atoms with E-state index in [0.29, 0.717) is 0 Å². The summed E-state index contributed by atoms with van der Waals surface area (Å²) in [7, 11) is -2.14. The average Bonchev–Trinajstić information content (AvgIpc) is 2.69. The Labute approximate surface area is 118 Å². The molecular weight excluding hydrogens is 332 g/mol. The van der Waals surface area contributed by atoms with Gasteiger partial charge < -0.3 is 0 Å². The van der Waals surface area contributed by atoms with E-state index in [9.17, 15) is 8.42 Å². The minimum Gasteiger partial charge on any atom is -0.272 e. The summed E-state index contributed by atoms with van der Waals surface area (Å²) in [5.41, 5.74) is 0.170. The van der Waals surface area contributed by atoms with Crippen LogP contribution in [0.25, 0.3) is 0 Å². The van der Waals surface area contributed by atoms with Gasteiger partial charge in [-0.2, -0.15) is 10.4 Å². The van der Waals surface area contributed by atoms with Crippen molar-refractivity contribution in [1.29, 1.82) is 5.26 Å². The lowest BCUT2D eigenvalue weighted by atomic mass is 10.4.